The summed E-state index contributed by atoms with van der Waals surface area (Å²) in [5.74, 6) is 1.56. The molecule has 1 aliphatic carbocycles. The second-order valence-electron chi connectivity index (χ2n) is 5.50. The Morgan fingerprint density at radius 2 is 2.00 bits per heavy atom. The molecule has 0 saturated heterocycles. The van der Waals surface area contributed by atoms with Crippen LogP contribution >= 0.6 is 0 Å². The van der Waals surface area contributed by atoms with Crippen molar-refractivity contribution in [3.63, 3.8) is 0 Å². The molecule has 2 unspecified atom stereocenters. The van der Waals surface area contributed by atoms with Crippen molar-refractivity contribution in [3.8, 4) is 12.1 Å². The maximum atomic E-state index is 9.00. The van der Waals surface area contributed by atoms with Crippen LogP contribution in [0.5, 0.6) is 0 Å². The average Bonchev–Trinajstić information content (AvgIpc) is 2.45. The largest absolute Gasteiger partial charge is 0.385 e. The van der Waals surface area contributed by atoms with Gasteiger partial charge in [-0.3, -0.25) is 0 Å². The Labute approximate surface area is 114 Å². The van der Waals surface area contributed by atoms with Gasteiger partial charge in [-0.2, -0.15) is 10.5 Å². The number of rotatable bonds is 3. The molecule has 98 valence electrons. The van der Waals surface area contributed by atoms with E-state index in [1.807, 2.05) is 12.1 Å². The van der Waals surface area contributed by atoms with Gasteiger partial charge in [-0.15, -0.1) is 0 Å². The Morgan fingerprint density at radius 3 is 2.68 bits per heavy atom. The quantitative estimate of drug-likeness (QED) is 0.894. The lowest BCUT2D eigenvalue weighted by Gasteiger charge is -2.27. The van der Waals surface area contributed by atoms with Gasteiger partial charge in [0.25, 0.3) is 0 Å². The summed E-state index contributed by atoms with van der Waals surface area (Å²) in [7, 11) is 0. The lowest BCUT2D eigenvalue weighted by atomic mass is 9.82. The maximum Gasteiger partial charge on any atom is 0.101 e. The van der Waals surface area contributed by atoms with Crippen molar-refractivity contribution in [1.29, 1.82) is 10.5 Å². The van der Waals surface area contributed by atoms with Gasteiger partial charge in [0, 0.05) is 12.2 Å². The molecule has 1 saturated carbocycles. The lowest BCUT2D eigenvalue weighted by molar-refractivity contribution is 0.293. The van der Waals surface area contributed by atoms with Gasteiger partial charge in [-0.05, 0) is 42.9 Å². The molecule has 1 aliphatic rings. The molecule has 1 fully saturated rings. The maximum absolute atomic E-state index is 9.00. The monoisotopic (exact) mass is 253 g/mol. The SMILES string of the molecule is CC1CCCC(CNc2ccc(C#N)c(C#N)c2)C1. The lowest BCUT2D eigenvalue weighted by Crippen LogP contribution is -2.21. The first-order valence-electron chi connectivity index (χ1n) is 6.91. The van der Waals surface area contributed by atoms with Gasteiger partial charge in [0.1, 0.15) is 12.1 Å². The molecule has 1 aromatic rings. The molecule has 0 aromatic heterocycles. The van der Waals surface area contributed by atoms with Gasteiger partial charge < -0.3 is 5.32 Å². The topological polar surface area (TPSA) is 59.6 Å². The first-order valence-corrected chi connectivity index (χ1v) is 6.91. The number of anilines is 1. The van der Waals surface area contributed by atoms with Crippen molar-refractivity contribution in [2.24, 2.45) is 11.8 Å². The van der Waals surface area contributed by atoms with Crippen molar-refractivity contribution < 1.29 is 0 Å². The Balaban J connectivity index is 1.97. The van der Waals surface area contributed by atoms with E-state index in [0.29, 0.717) is 11.1 Å². The number of hydrogen-bond donors (Lipinski definition) is 1. The van der Waals surface area contributed by atoms with Crippen LogP contribution in [0.3, 0.4) is 0 Å². The molecule has 19 heavy (non-hydrogen) atoms. The standard InChI is InChI=1S/C16H19N3/c1-12-3-2-4-13(7-12)11-19-16-6-5-14(9-17)15(8-16)10-18/h5-6,8,12-13,19H,2-4,7,11H2,1H3. The zero-order valence-corrected chi connectivity index (χ0v) is 11.3. The first kappa shape index (κ1) is 13.4. The van der Waals surface area contributed by atoms with Crippen molar-refractivity contribution in [3.05, 3.63) is 29.3 Å². The normalized spacial score (nSPS) is 22.3. The predicted octanol–water partition coefficient (Wildman–Crippen LogP) is 3.67. The second kappa shape index (κ2) is 6.25. The van der Waals surface area contributed by atoms with Crippen LogP contribution in [0.2, 0.25) is 0 Å². The summed E-state index contributed by atoms with van der Waals surface area (Å²) in [6, 6.07) is 9.47. The highest BCUT2D eigenvalue weighted by Gasteiger charge is 2.18. The van der Waals surface area contributed by atoms with E-state index in [-0.39, 0.29) is 0 Å². The fraction of sp³-hybridized carbons (Fsp3) is 0.500. The van der Waals surface area contributed by atoms with Crippen molar-refractivity contribution in [2.45, 2.75) is 32.6 Å². The smallest absolute Gasteiger partial charge is 0.101 e. The van der Waals surface area contributed by atoms with Gasteiger partial charge >= 0.3 is 0 Å². The van der Waals surface area contributed by atoms with Crippen LogP contribution in [0.4, 0.5) is 5.69 Å². The fourth-order valence-electron chi connectivity index (χ4n) is 2.85. The number of hydrogen-bond acceptors (Lipinski definition) is 3. The molecule has 0 heterocycles. The van der Waals surface area contributed by atoms with Crippen LogP contribution in [0, 0.1) is 34.5 Å². The minimum Gasteiger partial charge on any atom is -0.385 e. The van der Waals surface area contributed by atoms with Crippen LogP contribution in [-0.2, 0) is 0 Å². The minimum atomic E-state index is 0.444. The Bertz CT molecular complexity index is 522. The van der Waals surface area contributed by atoms with E-state index in [9.17, 15) is 0 Å². The van der Waals surface area contributed by atoms with E-state index >= 15 is 0 Å². The van der Waals surface area contributed by atoms with Crippen molar-refractivity contribution in [2.75, 3.05) is 11.9 Å². The molecule has 3 heteroatoms. The summed E-state index contributed by atoms with van der Waals surface area (Å²) in [6.45, 7) is 3.28. The summed E-state index contributed by atoms with van der Waals surface area (Å²) in [5.41, 5.74) is 1.83. The van der Waals surface area contributed by atoms with Crippen molar-refractivity contribution >= 4 is 5.69 Å². The molecule has 0 bridgehead atoms. The highest BCUT2D eigenvalue weighted by atomic mass is 14.9. The summed E-state index contributed by atoms with van der Waals surface area (Å²) >= 11 is 0. The molecule has 0 amide bonds. The number of benzene rings is 1. The summed E-state index contributed by atoms with van der Waals surface area (Å²) < 4.78 is 0. The third kappa shape index (κ3) is 3.48. The van der Waals surface area contributed by atoms with Gasteiger partial charge in [0.15, 0.2) is 0 Å². The van der Waals surface area contributed by atoms with Crippen LogP contribution in [0.25, 0.3) is 0 Å². The van der Waals surface area contributed by atoms with E-state index < -0.39 is 0 Å². The van der Waals surface area contributed by atoms with Gasteiger partial charge in [-0.25, -0.2) is 0 Å². The van der Waals surface area contributed by atoms with Gasteiger partial charge in [0.2, 0.25) is 0 Å². The Hall–Kier alpha value is -2.00. The average molecular weight is 253 g/mol. The predicted molar refractivity (Wildman–Crippen MR) is 75.5 cm³/mol. The van der Waals surface area contributed by atoms with Crippen molar-refractivity contribution in [1.82, 2.24) is 0 Å². The van der Waals surface area contributed by atoms with E-state index in [1.165, 1.54) is 25.7 Å². The number of nitriles is 2. The third-order valence-corrected chi connectivity index (χ3v) is 3.90. The van der Waals surface area contributed by atoms with Crippen LogP contribution in [0.1, 0.15) is 43.7 Å². The highest BCUT2D eigenvalue weighted by Crippen LogP contribution is 2.28. The molecule has 2 rings (SSSR count). The molecule has 0 aliphatic heterocycles. The van der Waals surface area contributed by atoms with E-state index in [1.54, 1.807) is 12.1 Å². The minimum absolute atomic E-state index is 0.444. The second-order valence-corrected chi connectivity index (χ2v) is 5.50. The van der Waals surface area contributed by atoms with E-state index in [0.717, 1.165) is 24.1 Å². The Morgan fingerprint density at radius 1 is 1.21 bits per heavy atom. The summed E-state index contributed by atoms with van der Waals surface area (Å²) in [4.78, 5) is 0. The number of nitrogens with zero attached hydrogens (tertiary/aromatic N) is 2. The van der Waals surface area contributed by atoms with Gasteiger partial charge in [-0.1, -0.05) is 19.8 Å². The molecule has 1 N–H and O–H groups in total. The first-order chi connectivity index (χ1) is 9.22. The third-order valence-electron chi connectivity index (χ3n) is 3.90. The number of nitrogens with one attached hydrogen (secondary N) is 1. The molecule has 3 nitrogen and oxygen atoms in total. The zero-order chi connectivity index (χ0) is 13.7. The molecule has 0 radical (unpaired) electrons. The fourth-order valence-corrected chi connectivity index (χ4v) is 2.85. The highest BCUT2D eigenvalue weighted by molar-refractivity contribution is 5.56. The molecule has 1 aromatic carbocycles. The van der Waals surface area contributed by atoms with Crippen LogP contribution < -0.4 is 5.32 Å². The molecular weight excluding hydrogens is 234 g/mol. The molecular formula is C16H19N3. The summed E-state index contributed by atoms with van der Waals surface area (Å²) in [6.07, 6.45) is 5.25. The van der Waals surface area contributed by atoms with Gasteiger partial charge in [0.05, 0.1) is 11.1 Å². The van der Waals surface area contributed by atoms with E-state index in [4.69, 9.17) is 10.5 Å². The molecule has 0 spiro atoms. The molecule has 2 atom stereocenters. The summed E-state index contributed by atoms with van der Waals surface area (Å²) in [5, 5.41) is 21.3. The zero-order valence-electron chi connectivity index (χ0n) is 11.3. The Kier molecular flexibility index (Phi) is 4.42. The van der Waals surface area contributed by atoms with Crippen LogP contribution in [0.15, 0.2) is 18.2 Å². The van der Waals surface area contributed by atoms with E-state index in [2.05, 4.69) is 18.3 Å². The van der Waals surface area contributed by atoms with Crippen LogP contribution in [-0.4, -0.2) is 6.54 Å².